The Balaban J connectivity index is 2.12. The number of benzene rings is 1. The molecule has 1 aromatic carbocycles. The van der Waals surface area contributed by atoms with Crippen molar-refractivity contribution in [3.8, 4) is 5.75 Å². The first kappa shape index (κ1) is 13.1. The number of methoxy groups -OCH3 is 1. The molecule has 2 atom stereocenters. The molecule has 1 heterocycles. The van der Waals surface area contributed by atoms with Crippen LogP contribution in [0.2, 0.25) is 0 Å². The molecule has 1 aliphatic heterocycles. The highest BCUT2D eigenvalue weighted by atomic mass is 79.9. The molecule has 0 aromatic heterocycles. The SMILES string of the molecule is COc1ccc(C(Cl)C2COCCO2)cc1Br. The van der Waals surface area contributed by atoms with Gasteiger partial charge in [-0.25, -0.2) is 0 Å². The summed E-state index contributed by atoms with van der Waals surface area (Å²) in [6, 6.07) is 5.78. The molecule has 0 saturated carbocycles. The Bertz CT molecular complexity index is 380. The van der Waals surface area contributed by atoms with Crippen molar-refractivity contribution < 1.29 is 14.2 Å². The van der Waals surface area contributed by atoms with Crippen molar-refractivity contribution in [2.24, 2.45) is 0 Å². The van der Waals surface area contributed by atoms with Crippen LogP contribution in [0.4, 0.5) is 0 Å². The molecule has 2 unspecified atom stereocenters. The lowest BCUT2D eigenvalue weighted by molar-refractivity contribution is -0.0892. The van der Waals surface area contributed by atoms with Gasteiger partial charge in [0.05, 0.1) is 36.8 Å². The van der Waals surface area contributed by atoms with Gasteiger partial charge in [0.25, 0.3) is 0 Å². The average Bonchev–Trinajstić information content (AvgIpc) is 2.39. The van der Waals surface area contributed by atoms with Gasteiger partial charge in [-0.2, -0.15) is 0 Å². The topological polar surface area (TPSA) is 27.7 Å². The third-order valence-corrected chi connectivity index (χ3v) is 3.82. The van der Waals surface area contributed by atoms with Crippen molar-refractivity contribution in [3.63, 3.8) is 0 Å². The number of hydrogen-bond donors (Lipinski definition) is 0. The van der Waals surface area contributed by atoms with Gasteiger partial charge in [-0.3, -0.25) is 0 Å². The number of alkyl halides is 1. The van der Waals surface area contributed by atoms with Crippen molar-refractivity contribution in [1.29, 1.82) is 0 Å². The number of hydrogen-bond acceptors (Lipinski definition) is 3. The zero-order chi connectivity index (χ0) is 12.3. The predicted molar refractivity (Wildman–Crippen MR) is 69.8 cm³/mol. The third kappa shape index (κ3) is 3.13. The second-order valence-electron chi connectivity index (χ2n) is 3.78. The van der Waals surface area contributed by atoms with Gasteiger partial charge in [0, 0.05) is 0 Å². The summed E-state index contributed by atoms with van der Waals surface area (Å²) in [6.45, 7) is 1.79. The van der Waals surface area contributed by atoms with Gasteiger partial charge in [0.15, 0.2) is 0 Å². The standard InChI is InChI=1S/C12H14BrClO3/c1-15-10-3-2-8(6-9(10)13)12(14)11-7-16-4-5-17-11/h2-3,6,11-12H,4-5,7H2,1H3. The van der Waals surface area contributed by atoms with E-state index in [9.17, 15) is 0 Å². The highest BCUT2D eigenvalue weighted by Gasteiger charge is 2.25. The summed E-state index contributed by atoms with van der Waals surface area (Å²) in [5.74, 6) is 0.790. The first-order valence-electron chi connectivity index (χ1n) is 5.39. The molecule has 1 aliphatic rings. The van der Waals surface area contributed by atoms with Crippen LogP contribution in [0.25, 0.3) is 0 Å². The van der Waals surface area contributed by atoms with Crippen molar-refractivity contribution in [2.45, 2.75) is 11.5 Å². The lowest BCUT2D eigenvalue weighted by Crippen LogP contribution is -2.31. The predicted octanol–water partition coefficient (Wildman–Crippen LogP) is 3.15. The monoisotopic (exact) mass is 320 g/mol. The van der Waals surface area contributed by atoms with E-state index in [-0.39, 0.29) is 11.5 Å². The van der Waals surface area contributed by atoms with Crippen LogP contribution in [0.5, 0.6) is 5.75 Å². The minimum atomic E-state index is -0.211. The molecule has 0 bridgehead atoms. The molecule has 1 saturated heterocycles. The van der Waals surface area contributed by atoms with Crippen LogP contribution in [0.1, 0.15) is 10.9 Å². The fourth-order valence-corrected chi connectivity index (χ4v) is 2.58. The minimum absolute atomic E-state index is 0.0919. The highest BCUT2D eigenvalue weighted by molar-refractivity contribution is 9.10. The fraction of sp³-hybridized carbons (Fsp3) is 0.500. The Labute approximate surface area is 114 Å². The molecule has 94 valence electrons. The van der Waals surface area contributed by atoms with Gasteiger partial charge in [0.2, 0.25) is 0 Å². The summed E-state index contributed by atoms with van der Waals surface area (Å²) in [5, 5.41) is -0.211. The molecule has 1 aromatic rings. The van der Waals surface area contributed by atoms with Crippen LogP contribution in [0, 0.1) is 0 Å². The summed E-state index contributed by atoms with van der Waals surface area (Å²) in [7, 11) is 1.63. The van der Waals surface area contributed by atoms with E-state index in [1.807, 2.05) is 18.2 Å². The van der Waals surface area contributed by atoms with E-state index >= 15 is 0 Å². The normalized spacial score (nSPS) is 22.2. The lowest BCUT2D eigenvalue weighted by atomic mass is 10.1. The molecule has 1 fully saturated rings. The molecular weight excluding hydrogens is 307 g/mol. The lowest BCUT2D eigenvalue weighted by Gasteiger charge is -2.27. The van der Waals surface area contributed by atoms with E-state index in [4.69, 9.17) is 25.8 Å². The maximum atomic E-state index is 6.39. The molecule has 2 rings (SSSR count). The molecule has 0 spiro atoms. The molecule has 17 heavy (non-hydrogen) atoms. The minimum Gasteiger partial charge on any atom is -0.496 e. The maximum absolute atomic E-state index is 6.39. The van der Waals surface area contributed by atoms with Gasteiger partial charge in [0.1, 0.15) is 11.9 Å². The van der Waals surface area contributed by atoms with Crippen LogP contribution in [-0.2, 0) is 9.47 Å². The van der Waals surface area contributed by atoms with Gasteiger partial charge < -0.3 is 14.2 Å². The van der Waals surface area contributed by atoms with Crippen molar-refractivity contribution >= 4 is 27.5 Å². The van der Waals surface area contributed by atoms with E-state index < -0.39 is 0 Å². The van der Waals surface area contributed by atoms with Gasteiger partial charge in [-0.05, 0) is 33.6 Å². The summed E-state index contributed by atoms with van der Waals surface area (Å²) >= 11 is 9.83. The van der Waals surface area contributed by atoms with Gasteiger partial charge >= 0.3 is 0 Å². The van der Waals surface area contributed by atoms with Crippen LogP contribution in [0.15, 0.2) is 22.7 Å². The Morgan fingerprint density at radius 2 is 2.29 bits per heavy atom. The molecule has 0 amide bonds. The number of halogens is 2. The Morgan fingerprint density at radius 3 is 2.88 bits per heavy atom. The Hall–Kier alpha value is -0.290. The quantitative estimate of drug-likeness (QED) is 0.801. The largest absolute Gasteiger partial charge is 0.496 e. The molecule has 3 nitrogen and oxygen atoms in total. The van der Waals surface area contributed by atoms with Crippen LogP contribution in [0.3, 0.4) is 0 Å². The average molecular weight is 322 g/mol. The van der Waals surface area contributed by atoms with E-state index in [0.717, 1.165) is 15.8 Å². The second kappa shape index (κ2) is 6.05. The van der Waals surface area contributed by atoms with Crippen molar-refractivity contribution in [1.82, 2.24) is 0 Å². The van der Waals surface area contributed by atoms with Gasteiger partial charge in [-0.1, -0.05) is 6.07 Å². The zero-order valence-electron chi connectivity index (χ0n) is 9.49. The molecular formula is C12H14BrClO3. The van der Waals surface area contributed by atoms with Crippen molar-refractivity contribution in [2.75, 3.05) is 26.9 Å². The van der Waals surface area contributed by atoms with Crippen LogP contribution in [-0.4, -0.2) is 33.0 Å². The highest BCUT2D eigenvalue weighted by Crippen LogP contribution is 2.33. The van der Waals surface area contributed by atoms with Crippen molar-refractivity contribution in [3.05, 3.63) is 28.2 Å². The number of ether oxygens (including phenoxy) is 3. The molecule has 0 radical (unpaired) electrons. The maximum Gasteiger partial charge on any atom is 0.133 e. The van der Waals surface area contributed by atoms with Gasteiger partial charge in [-0.15, -0.1) is 11.6 Å². The molecule has 0 N–H and O–H groups in total. The smallest absolute Gasteiger partial charge is 0.133 e. The third-order valence-electron chi connectivity index (χ3n) is 2.66. The van der Waals surface area contributed by atoms with Crippen LogP contribution < -0.4 is 4.74 Å². The van der Waals surface area contributed by atoms with E-state index in [0.29, 0.717) is 19.8 Å². The zero-order valence-corrected chi connectivity index (χ0v) is 11.8. The summed E-state index contributed by atoms with van der Waals surface area (Å²) in [4.78, 5) is 0. The summed E-state index contributed by atoms with van der Waals surface area (Å²) < 4.78 is 17.0. The molecule has 0 aliphatic carbocycles. The second-order valence-corrected chi connectivity index (χ2v) is 5.10. The molecule has 5 heteroatoms. The van der Waals surface area contributed by atoms with E-state index in [2.05, 4.69) is 15.9 Å². The Kier molecular flexibility index (Phi) is 4.68. The van der Waals surface area contributed by atoms with E-state index in [1.165, 1.54) is 0 Å². The Morgan fingerprint density at radius 1 is 1.47 bits per heavy atom. The van der Waals surface area contributed by atoms with E-state index in [1.54, 1.807) is 7.11 Å². The summed E-state index contributed by atoms with van der Waals surface area (Å²) in [6.07, 6.45) is -0.0919. The first-order valence-corrected chi connectivity index (χ1v) is 6.62. The van der Waals surface area contributed by atoms with Crippen LogP contribution >= 0.6 is 27.5 Å². The summed E-state index contributed by atoms with van der Waals surface area (Å²) in [5.41, 5.74) is 0.995. The fourth-order valence-electron chi connectivity index (χ4n) is 1.74. The number of rotatable bonds is 3. The first-order chi connectivity index (χ1) is 8.22.